The Morgan fingerprint density at radius 1 is 1.36 bits per heavy atom. The van der Waals surface area contributed by atoms with Crippen molar-refractivity contribution in [2.75, 3.05) is 13.2 Å². The smallest absolute Gasteiger partial charge is 0.0471 e. The van der Waals surface area contributed by atoms with Crippen LogP contribution >= 0.6 is 0 Å². The molecular formula is C9H13NO. The van der Waals surface area contributed by atoms with E-state index in [2.05, 4.69) is 17.2 Å². The Hall–Kier alpha value is -0.760. The number of ether oxygens (including phenoxy) is 1. The molecule has 11 heavy (non-hydrogen) atoms. The van der Waals surface area contributed by atoms with Crippen LogP contribution in [0.15, 0.2) is 18.5 Å². The molecule has 0 saturated carbocycles. The van der Waals surface area contributed by atoms with Crippen molar-refractivity contribution in [2.45, 2.75) is 18.8 Å². The minimum atomic E-state index is 0.731. The summed E-state index contributed by atoms with van der Waals surface area (Å²) in [4.78, 5) is 3.09. The van der Waals surface area contributed by atoms with Crippen LogP contribution in [0.5, 0.6) is 0 Å². The molecule has 0 bridgehead atoms. The molecule has 1 N–H and O–H groups in total. The molecular weight excluding hydrogens is 138 g/mol. The van der Waals surface area contributed by atoms with Gasteiger partial charge in [0.15, 0.2) is 0 Å². The van der Waals surface area contributed by atoms with E-state index < -0.39 is 0 Å². The first-order valence-corrected chi connectivity index (χ1v) is 4.17. The van der Waals surface area contributed by atoms with Crippen molar-refractivity contribution in [3.8, 4) is 0 Å². The van der Waals surface area contributed by atoms with E-state index in [1.54, 1.807) is 0 Å². The summed E-state index contributed by atoms with van der Waals surface area (Å²) in [6.07, 6.45) is 6.44. The normalized spacial score (nSPS) is 20.4. The minimum absolute atomic E-state index is 0.731. The molecule has 1 fully saturated rings. The molecule has 2 nitrogen and oxygen atoms in total. The van der Waals surface area contributed by atoms with Crippen LogP contribution < -0.4 is 0 Å². The van der Waals surface area contributed by atoms with E-state index in [-0.39, 0.29) is 0 Å². The average molecular weight is 151 g/mol. The summed E-state index contributed by atoms with van der Waals surface area (Å²) in [7, 11) is 0. The number of H-pyrrole nitrogens is 1. The predicted molar refractivity (Wildman–Crippen MR) is 43.6 cm³/mol. The van der Waals surface area contributed by atoms with Gasteiger partial charge in [-0.25, -0.2) is 0 Å². The van der Waals surface area contributed by atoms with E-state index in [0.29, 0.717) is 0 Å². The monoisotopic (exact) mass is 151 g/mol. The highest BCUT2D eigenvalue weighted by Crippen LogP contribution is 2.25. The average Bonchev–Trinajstić information content (AvgIpc) is 2.58. The maximum absolute atomic E-state index is 5.29. The number of hydrogen-bond donors (Lipinski definition) is 1. The van der Waals surface area contributed by atoms with Crippen molar-refractivity contribution in [1.29, 1.82) is 0 Å². The van der Waals surface area contributed by atoms with E-state index >= 15 is 0 Å². The largest absolute Gasteiger partial charge is 0.381 e. The molecule has 0 radical (unpaired) electrons. The minimum Gasteiger partial charge on any atom is -0.381 e. The Balaban J connectivity index is 2.04. The molecule has 60 valence electrons. The zero-order chi connectivity index (χ0) is 7.52. The summed E-state index contributed by atoms with van der Waals surface area (Å²) in [6.45, 7) is 1.85. The first-order chi connectivity index (χ1) is 5.47. The van der Waals surface area contributed by atoms with Gasteiger partial charge in [0.2, 0.25) is 0 Å². The molecule has 0 amide bonds. The van der Waals surface area contributed by atoms with E-state index in [4.69, 9.17) is 4.74 Å². The van der Waals surface area contributed by atoms with Gasteiger partial charge in [0.05, 0.1) is 0 Å². The Morgan fingerprint density at radius 2 is 2.18 bits per heavy atom. The van der Waals surface area contributed by atoms with Crippen molar-refractivity contribution in [3.05, 3.63) is 24.0 Å². The third-order valence-corrected chi connectivity index (χ3v) is 2.31. The molecule has 0 aromatic carbocycles. The van der Waals surface area contributed by atoms with Gasteiger partial charge in [0.25, 0.3) is 0 Å². The fourth-order valence-corrected chi connectivity index (χ4v) is 1.62. The molecule has 0 spiro atoms. The lowest BCUT2D eigenvalue weighted by Gasteiger charge is -2.20. The molecule has 2 heterocycles. The highest BCUT2D eigenvalue weighted by atomic mass is 16.5. The van der Waals surface area contributed by atoms with Gasteiger partial charge in [0.1, 0.15) is 0 Å². The fraction of sp³-hybridized carbons (Fsp3) is 0.556. The van der Waals surface area contributed by atoms with Crippen LogP contribution in [0.4, 0.5) is 0 Å². The molecule has 2 rings (SSSR count). The lowest BCUT2D eigenvalue weighted by molar-refractivity contribution is 0.0853. The summed E-state index contributed by atoms with van der Waals surface area (Å²) < 4.78 is 5.29. The number of rotatable bonds is 1. The standard InChI is InChI=1S/C9H13NO/c1-4-10-7-9(1)8-2-5-11-6-3-8/h1,4,7-8,10H,2-3,5-6H2. The van der Waals surface area contributed by atoms with Gasteiger partial charge in [0, 0.05) is 25.6 Å². The molecule has 0 unspecified atom stereocenters. The van der Waals surface area contributed by atoms with Crippen molar-refractivity contribution in [1.82, 2.24) is 4.98 Å². The maximum atomic E-state index is 5.29. The van der Waals surface area contributed by atoms with Crippen LogP contribution in [0.3, 0.4) is 0 Å². The van der Waals surface area contributed by atoms with E-state index in [1.807, 2.05) is 6.20 Å². The van der Waals surface area contributed by atoms with Gasteiger partial charge in [-0.15, -0.1) is 0 Å². The highest BCUT2D eigenvalue weighted by Gasteiger charge is 2.15. The molecule has 2 heteroatoms. The lowest BCUT2D eigenvalue weighted by atomic mass is 9.94. The number of aromatic nitrogens is 1. The molecule has 1 aliphatic rings. The van der Waals surface area contributed by atoms with Crippen LogP contribution in [0.1, 0.15) is 24.3 Å². The van der Waals surface area contributed by atoms with Crippen molar-refractivity contribution >= 4 is 0 Å². The second-order valence-electron chi connectivity index (χ2n) is 3.03. The summed E-state index contributed by atoms with van der Waals surface area (Å²) in [5.41, 5.74) is 1.44. The molecule has 1 saturated heterocycles. The Kier molecular flexibility index (Phi) is 1.95. The number of aromatic amines is 1. The number of hydrogen-bond acceptors (Lipinski definition) is 1. The molecule has 0 aliphatic carbocycles. The van der Waals surface area contributed by atoms with Gasteiger partial charge in [-0.3, -0.25) is 0 Å². The second-order valence-corrected chi connectivity index (χ2v) is 3.03. The molecule has 1 aromatic heterocycles. The lowest BCUT2D eigenvalue weighted by Crippen LogP contribution is -2.13. The Labute approximate surface area is 66.6 Å². The Bertz CT molecular complexity index is 199. The first kappa shape index (κ1) is 6.92. The van der Waals surface area contributed by atoms with Gasteiger partial charge < -0.3 is 9.72 Å². The van der Waals surface area contributed by atoms with Gasteiger partial charge in [-0.1, -0.05) is 0 Å². The highest BCUT2D eigenvalue weighted by molar-refractivity contribution is 5.14. The van der Waals surface area contributed by atoms with Crippen LogP contribution in [0.25, 0.3) is 0 Å². The maximum Gasteiger partial charge on any atom is 0.0471 e. The van der Waals surface area contributed by atoms with E-state index in [9.17, 15) is 0 Å². The SMILES string of the molecule is c1cc(C2CCOCC2)c[nH]1. The van der Waals surface area contributed by atoms with E-state index in [1.165, 1.54) is 18.4 Å². The molecule has 1 aromatic rings. The summed E-state index contributed by atoms with van der Waals surface area (Å²) >= 11 is 0. The zero-order valence-corrected chi connectivity index (χ0v) is 6.55. The third-order valence-electron chi connectivity index (χ3n) is 2.31. The molecule has 1 aliphatic heterocycles. The second kappa shape index (κ2) is 3.09. The Morgan fingerprint density at radius 3 is 2.82 bits per heavy atom. The van der Waals surface area contributed by atoms with Crippen molar-refractivity contribution in [3.63, 3.8) is 0 Å². The van der Waals surface area contributed by atoms with E-state index in [0.717, 1.165) is 19.1 Å². The van der Waals surface area contributed by atoms with Crippen LogP contribution in [-0.4, -0.2) is 18.2 Å². The zero-order valence-electron chi connectivity index (χ0n) is 6.55. The first-order valence-electron chi connectivity index (χ1n) is 4.17. The fourth-order valence-electron chi connectivity index (χ4n) is 1.62. The van der Waals surface area contributed by atoms with Crippen LogP contribution in [-0.2, 0) is 4.74 Å². The number of nitrogens with one attached hydrogen (secondary N) is 1. The molecule has 0 atom stereocenters. The quantitative estimate of drug-likeness (QED) is 0.651. The predicted octanol–water partition coefficient (Wildman–Crippen LogP) is 1.91. The van der Waals surface area contributed by atoms with Crippen molar-refractivity contribution < 1.29 is 4.74 Å². The van der Waals surface area contributed by atoms with Gasteiger partial charge >= 0.3 is 0 Å². The van der Waals surface area contributed by atoms with Crippen molar-refractivity contribution in [2.24, 2.45) is 0 Å². The van der Waals surface area contributed by atoms with Gasteiger partial charge in [-0.05, 0) is 30.4 Å². The summed E-state index contributed by atoms with van der Waals surface area (Å²) in [5.74, 6) is 0.731. The van der Waals surface area contributed by atoms with Gasteiger partial charge in [-0.2, -0.15) is 0 Å². The summed E-state index contributed by atoms with van der Waals surface area (Å²) in [6, 6.07) is 2.16. The van der Waals surface area contributed by atoms with Crippen LogP contribution in [0.2, 0.25) is 0 Å². The van der Waals surface area contributed by atoms with Crippen LogP contribution in [0, 0.1) is 0 Å². The third kappa shape index (κ3) is 1.46. The topological polar surface area (TPSA) is 25.0 Å². The summed E-state index contributed by atoms with van der Waals surface area (Å²) in [5, 5.41) is 0.